The molecule has 124 valence electrons. The van der Waals surface area contributed by atoms with Gasteiger partial charge in [0.2, 0.25) is 0 Å². The summed E-state index contributed by atoms with van der Waals surface area (Å²) in [7, 11) is 0. The molecule has 0 amide bonds. The van der Waals surface area contributed by atoms with Crippen molar-refractivity contribution in [2.24, 2.45) is 0 Å². The number of ether oxygens (including phenoxy) is 1. The van der Waals surface area contributed by atoms with Crippen LogP contribution in [0.4, 0.5) is 13.6 Å². The van der Waals surface area contributed by atoms with Crippen LogP contribution in [-0.2, 0) is 4.74 Å². The highest BCUT2D eigenvalue weighted by atomic mass is 32.2. The number of hydrogen-bond acceptors (Lipinski definition) is 11. The standard InChI is InChI=1S/C5H4F2N4O10S/c6-4(8(13)14,9(15)16)1-21-3(12)22-2-5(7,10(17)18)11(19)20/h1-2H2. The molecule has 0 bridgehead atoms. The van der Waals surface area contributed by atoms with Crippen molar-refractivity contribution < 1.29 is 38.0 Å². The molecule has 0 aromatic heterocycles. The maximum Gasteiger partial charge on any atom is 0.648 e. The SMILES string of the molecule is O=C(OCC(F)([N+](=O)[O-])[N+](=O)[O-])SCC(F)([N+](=O)[O-])[N+](=O)[O-]. The average Bonchev–Trinajstić information content (AvgIpc) is 2.40. The lowest BCUT2D eigenvalue weighted by atomic mass is 10.5. The van der Waals surface area contributed by atoms with E-state index in [1.165, 1.54) is 0 Å². The normalized spacial score (nSPS) is 11.5. The van der Waals surface area contributed by atoms with E-state index in [4.69, 9.17) is 0 Å². The van der Waals surface area contributed by atoms with Crippen molar-refractivity contribution in [2.75, 3.05) is 12.4 Å². The van der Waals surface area contributed by atoms with Gasteiger partial charge in [-0.25, -0.2) is 4.79 Å². The minimum Gasteiger partial charge on any atom is -0.438 e. The Balaban J connectivity index is 4.72. The van der Waals surface area contributed by atoms with Crippen molar-refractivity contribution in [1.82, 2.24) is 0 Å². The highest BCUT2D eigenvalue weighted by Gasteiger charge is 2.61. The summed E-state index contributed by atoms with van der Waals surface area (Å²) in [4.78, 5) is 43.6. The van der Waals surface area contributed by atoms with E-state index in [1.54, 1.807) is 0 Å². The molecule has 0 aromatic carbocycles. The van der Waals surface area contributed by atoms with Crippen LogP contribution in [0, 0.1) is 40.5 Å². The summed E-state index contributed by atoms with van der Waals surface area (Å²) in [6, 6.07) is 0. The first kappa shape index (κ1) is 19.3. The predicted octanol–water partition coefficient (Wildman–Crippen LogP) is 0.210. The van der Waals surface area contributed by atoms with E-state index >= 15 is 0 Å². The summed E-state index contributed by atoms with van der Waals surface area (Å²) >= 11 is -0.527. The minimum atomic E-state index is -4.38. The van der Waals surface area contributed by atoms with E-state index < -0.39 is 60.9 Å². The van der Waals surface area contributed by atoms with Gasteiger partial charge >= 0.3 is 17.1 Å². The number of carbonyl (C=O) groups is 1. The topological polar surface area (TPSA) is 199 Å². The van der Waals surface area contributed by atoms with Crippen LogP contribution in [0.2, 0.25) is 0 Å². The molecule has 0 radical (unpaired) electrons. The third kappa shape index (κ3) is 4.14. The summed E-state index contributed by atoms with van der Waals surface area (Å²) in [6.45, 7) is -2.02. The van der Waals surface area contributed by atoms with Crippen LogP contribution in [0.3, 0.4) is 0 Å². The van der Waals surface area contributed by atoms with Gasteiger partial charge in [-0.3, -0.25) is 40.5 Å². The van der Waals surface area contributed by atoms with Crippen molar-refractivity contribution in [2.45, 2.75) is 11.8 Å². The van der Waals surface area contributed by atoms with E-state index in [-0.39, 0.29) is 0 Å². The van der Waals surface area contributed by atoms with E-state index in [1.807, 2.05) is 0 Å². The molecule has 0 unspecified atom stereocenters. The van der Waals surface area contributed by atoms with E-state index in [0.717, 1.165) is 0 Å². The Kier molecular flexibility index (Phi) is 5.98. The molecule has 0 aliphatic heterocycles. The van der Waals surface area contributed by atoms with Crippen LogP contribution in [-0.4, -0.2) is 49.2 Å². The van der Waals surface area contributed by atoms with E-state index in [0.29, 0.717) is 0 Å². The minimum absolute atomic E-state index is 0.527. The molecule has 0 atom stereocenters. The average molecular weight is 350 g/mol. The van der Waals surface area contributed by atoms with Gasteiger partial charge in [-0.2, -0.15) is 0 Å². The zero-order valence-electron chi connectivity index (χ0n) is 9.95. The summed E-state index contributed by atoms with van der Waals surface area (Å²) in [5, 5.41) is 38.7. The van der Waals surface area contributed by atoms with Gasteiger partial charge in [0.25, 0.3) is 6.61 Å². The van der Waals surface area contributed by atoms with Crippen molar-refractivity contribution in [3.63, 3.8) is 0 Å². The maximum atomic E-state index is 13.2. The summed E-state index contributed by atoms with van der Waals surface area (Å²) in [6.07, 6.45) is 0. The lowest BCUT2D eigenvalue weighted by molar-refractivity contribution is -0.832. The first-order chi connectivity index (χ1) is 9.87. The summed E-state index contributed by atoms with van der Waals surface area (Å²) in [5.74, 6) is -10.3. The van der Waals surface area contributed by atoms with Crippen LogP contribution in [0.1, 0.15) is 0 Å². The Morgan fingerprint density at radius 3 is 1.59 bits per heavy atom. The first-order valence-corrected chi connectivity index (χ1v) is 5.62. The largest absolute Gasteiger partial charge is 0.648 e. The Morgan fingerprint density at radius 1 is 0.909 bits per heavy atom. The lowest BCUT2D eigenvalue weighted by Gasteiger charge is -2.09. The summed E-state index contributed by atoms with van der Waals surface area (Å²) < 4.78 is 30.1. The van der Waals surface area contributed by atoms with E-state index in [9.17, 15) is 54.0 Å². The molecule has 0 N–H and O–H groups in total. The maximum absolute atomic E-state index is 13.2. The number of alkyl halides is 2. The smallest absolute Gasteiger partial charge is 0.438 e. The number of nitrogens with zero attached hydrogens (tertiary/aromatic N) is 4. The summed E-state index contributed by atoms with van der Waals surface area (Å²) in [5.41, 5.74) is 0. The fourth-order valence-corrected chi connectivity index (χ4v) is 1.34. The molecule has 14 nitrogen and oxygen atoms in total. The molecule has 17 heteroatoms. The molecule has 0 aromatic rings. The van der Waals surface area contributed by atoms with Crippen LogP contribution >= 0.6 is 11.8 Å². The van der Waals surface area contributed by atoms with Gasteiger partial charge in [0, 0.05) is 0 Å². The molecule has 0 aliphatic carbocycles. The zero-order valence-corrected chi connectivity index (χ0v) is 10.8. The number of nitro groups is 4. The molecule has 0 aliphatic rings. The molecule has 0 rings (SSSR count). The van der Waals surface area contributed by atoms with Gasteiger partial charge in [0.1, 0.15) is 19.7 Å². The number of rotatable bonds is 8. The quantitative estimate of drug-likeness (QED) is 0.190. The molecular formula is C5H4F2N4O10S. The molecule has 22 heavy (non-hydrogen) atoms. The highest BCUT2D eigenvalue weighted by Crippen LogP contribution is 2.22. The second kappa shape index (κ2) is 6.83. The lowest BCUT2D eigenvalue weighted by Crippen LogP contribution is -2.46. The van der Waals surface area contributed by atoms with Crippen LogP contribution < -0.4 is 0 Å². The molecule has 0 fully saturated rings. The number of hydrogen-bond donors (Lipinski definition) is 0. The predicted molar refractivity (Wildman–Crippen MR) is 59.5 cm³/mol. The highest BCUT2D eigenvalue weighted by molar-refractivity contribution is 8.13. The second-order valence-corrected chi connectivity index (χ2v) is 4.20. The fraction of sp³-hybridized carbons (Fsp3) is 0.800. The monoisotopic (exact) mass is 350 g/mol. The van der Waals surface area contributed by atoms with Crippen LogP contribution in [0.25, 0.3) is 0 Å². The Bertz CT molecular complexity index is 455. The fourth-order valence-electron chi connectivity index (χ4n) is 0.687. The zero-order chi connectivity index (χ0) is 17.7. The van der Waals surface area contributed by atoms with Crippen molar-refractivity contribution in [1.29, 1.82) is 0 Å². The number of thioether (sulfide) groups is 1. The first-order valence-electron chi connectivity index (χ1n) is 4.63. The second-order valence-electron chi connectivity index (χ2n) is 3.29. The van der Waals surface area contributed by atoms with Crippen molar-refractivity contribution >= 4 is 17.1 Å². The molecule has 0 saturated carbocycles. The van der Waals surface area contributed by atoms with Gasteiger partial charge in [-0.05, 0) is 11.8 Å². The van der Waals surface area contributed by atoms with E-state index in [2.05, 4.69) is 4.74 Å². The third-order valence-electron chi connectivity index (χ3n) is 1.87. The Morgan fingerprint density at radius 2 is 1.27 bits per heavy atom. The molecule has 0 heterocycles. The van der Waals surface area contributed by atoms with Gasteiger partial charge in [-0.1, -0.05) is 8.78 Å². The van der Waals surface area contributed by atoms with Crippen molar-refractivity contribution in [3.8, 4) is 0 Å². The third-order valence-corrected chi connectivity index (χ3v) is 2.73. The van der Waals surface area contributed by atoms with Gasteiger partial charge < -0.3 is 4.74 Å². The Labute approximate surface area is 121 Å². The van der Waals surface area contributed by atoms with Gasteiger partial charge in [0.05, 0.1) is 0 Å². The van der Waals surface area contributed by atoms with Gasteiger partial charge in [0.15, 0.2) is 5.75 Å². The number of halogens is 2. The molecular weight excluding hydrogens is 346 g/mol. The Hall–Kier alpha value is -2.72. The number of carbonyl (C=O) groups excluding carboxylic acids is 1. The van der Waals surface area contributed by atoms with Crippen molar-refractivity contribution in [3.05, 3.63) is 40.5 Å². The molecule has 0 saturated heterocycles. The molecule has 0 spiro atoms. The van der Waals surface area contributed by atoms with Crippen LogP contribution in [0.5, 0.6) is 0 Å². The van der Waals surface area contributed by atoms with Crippen LogP contribution in [0.15, 0.2) is 0 Å². The van der Waals surface area contributed by atoms with Gasteiger partial charge in [-0.15, -0.1) is 0 Å².